The maximum Gasteiger partial charge on any atom is 0.322 e. The first-order valence-corrected chi connectivity index (χ1v) is 6.54. The van der Waals surface area contributed by atoms with Gasteiger partial charge >= 0.3 is 5.97 Å². The lowest BCUT2D eigenvalue weighted by Gasteiger charge is -2.24. The molecule has 1 fully saturated rings. The zero-order chi connectivity index (χ0) is 14.5. The van der Waals surface area contributed by atoms with Gasteiger partial charge in [0.1, 0.15) is 12.4 Å². The highest BCUT2D eigenvalue weighted by atomic mass is 19.1. The van der Waals surface area contributed by atoms with Crippen molar-refractivity contribution in [2.24, 2.45) is 0 Å². The molecule has 1 aromatic rings. The third-order valence-corrected chi connectivity index (χ3v) is 3.40. The van der Waals surface area contributed by atoms with Gasteiger partial charge in [-0.1, -0.05) is 12.1 Å². The van der Waals surface area contributed by atoms with E-state index in [9.17, 15) is 14.0 Å². The van der Waals surface area contributed by atoms with Crippen molar-refractivity contribution < 1.29 is 19.1 Å². The molecular weight excluding hydrogens is 263 g/mol. The molecule has 108 valence electrons. The van der Waals surface area contributed by atoms with Crippen molar-refractivity contribution in [3.8, 4) is 0 Å². The summed E-state index contributed by atoms with van der Waals surface area (Å²) in [7, 11) is 0. The van der Waals surface area contributed by atoms with Crippen LogP contribution in [0.25, 0.3) is 0 Å². The number of carboxylic acid groups (broad SMARTS) is 1. The third-order valence-electron chi connectivity index (χ3n) is 3.40. The van der Waals surface area contributed by atoms with E-state index in [-0.39, 0.29) is 30.9 Å². The highest BCUT2D eigenvalue weighted by molar-refractivity contribution is 5.82. The molecule has 6 heteroatoms. The number of carbonyl (C=O) groups is 2. The van der Waals surface area contributed by atoms with Crippen molar-refractivity contribution >= 4 is 11.9 Å². The van der Waals surface area contributed by atoms with E-state index in [1.807, 2.05) is 4.90 Å². The SMILES string of the molecule is O=C(O)CNC(=O)CN1CCCC1c1ccc(F)cc1. The van der Waals surface area contributed by atoms with Crippen LogP contribution in [-0.4, -0.2) is 41.5 Å². The molecule has 1 saturated heterocycles. The van der Waals surface area contributed by atoms with E-state index in [1.165, 1.54) is 12.1 Å². The molecule has 1 aliphatic heterocycles. The molecular formula is C14H17FN2O3. The van der Waals surface area contributed by atoms with E-state index in [0.29, 0.717) is 0 Å². The van der Waals surface area contributed by atoms with Crippen LogP contribution in [0.5, 0.6) is 0 Å². The predicted octanol–water partition coefficient (Wildman–Crippen LogP) is 1.16. The molecule has 0 aromatic heterocycles. The molecule has 0 bridgehead atoms. The van der Waals surface area contributed by atoms with Crippen molar-refractivity contribution in [1.82, 2.24) is 10.2 Å². The fourth-order valence-electron chi connectivity index (χ4n) is 2.49. The summed E-state index contributed by atoms with van der Waals surface area (Å²) in [6, 6.07) is 6.37. The number of amides is 1. The highest BCUT2D eigenvalue weighted by Gasteiger charge is 2.27. The fourth-order valence-corrected chi connectivity index (χ4v) is 2.49. The molecule has 0 radical (unpaired) electrons. The van der Waals surface area contributed by atoms with E-state index in [4.69, 9.17) is 5.11 Å². The minimum atomic E-state index is -1.06. The Labute approximate surface area is 116 Å². The summed E-state index contributed by atoms with van der Waals surface area (Å²) in [5.74, 6) is -1.64. The largest absolute Gasteiger partial charge is 0.480 e. The molecule has 1 unspecified atom stereocenters. The summed E-state index contributed by atoms with van der Waals surface area (Å²) in [6.45, 7) is 0.575. The lowest BCUT2D eigenvalue weighted by atomic mass is 10.0. The summed E-state index contributed by atoms with van der Waals surface area (Å²) in [6.07, 6.45) is 1.88. The van der Waals surface area contributed by atoms with Crippen molar-refractivity contribution in [3.63, 3.8) is 0 Å². The lowest BCUT2D eigenvalue weighted by Crippen LogP contribution is -2.39. The zero-order valence-corrected chi connectivity index (χ0v) is 11.0. The van der Waals surface area contributed by atoms with Gasteiger partial charge in [-0.25, -0.2) is 4.39 Å². The van der Waals surface area contributed by atoms with E-state index in [2.05, 4.69) is 5.32 Å². The zero-order valence-electron chi connectivity index (χ0n) is 11.0. The second kappa shape index (κ2) is 6.47. The maximum absolute atomic E-state index is 12.9. The Morgan fingerprint density at radius 3 is 2.70 bits per heavy atom. The number of carboxylic acids is 1. The van der Waals surface area contributed by atoms with E-state index in [1.54, 1.807) is 12.1 Å². The van der Waals surface area contributed by atoms with Gasteiger partial charge in [0, 0.05) is 6.04 Å². The van der Waals surface area contributed by atoms with Gasteiger partial charge in [0.15, 0.2) is 0 Å². The summed E-state index contributed by atoms with van der Waals surface area (Å²) in [5, 5.41) is 10.9. The van der Waals surface area contributed by atoms with Crippen LogP contribution in [0.1, 0.15) is 24.4 Å². The molecule has 1 heterocycles. The maximum atomic E-state index is 12.9. The summed E-state index contributed by atoms with van der Waals surface area (Å²) in [5.41, 5.74) is 0.981. The second-order valence-electron chi connectivity index (χ2n) is 4.85. The van der Waals surface area contributed by atoms with Crippen LogP contribution in [0.2, 0.25) is 0 Å². The van der Waals surface area contributed by atoms with Crippen LogP contribution in [0, 0.1) is 5.82 Å². The Morgan fingerprint density at radius 1 is 1.35 bits per heavy atom. The normalized spacial score (nSPS) is 18.9. The molecule has 5 nitrogen and oxygen atoms in total. The number of aliphatic carboxylic acids is 1. The molecule has 0 spiro atoms. The summed E-state index contributed by atoms with van der Waals surface area (Å²) < 4.78 is 12.9. The summed E-state index contributed by atoms with van der Waals surface area (Å²) >= 11 is 0. The van der Waals surface area contributed by atoms with Gasteiger partial charge in [0.05, 0.1) is 6.54 Å². The van der Waals surface area contributed by atoms with Gasteiger partial charge < -0.3 is 10.4 Å². The summed E-state index contributed by atoms with van der Waals surface area (Å²) in [4.78, 5) is 24.0. The van der Waals surface area contributed by atoms with Crippen LogP contribution in [0.15, 0.2) is 24.3 Å². The number of nitrogens with zero attached hydrogens (tertiary/aromatic N) is 1. The van der Waals surface area contributed by atoms with Gasteiger partial charge in [-0.15, -0.1) is 0 Å². The Morgan fingerprint density at radius 2 is 2.05 bits per heavy atom. The predicted molar refractivity (Wildman–Crippen MR) is 70.6 cm³/mol. The van der Waals surface area contributed by atoms with E-state index in [0.717, 1.165) is 24.9 Å². The molecule has 1 amide bonds. The van der Waals surface area contributed by atoms with Crippen LogP contribution >= 0.6 is 0 Å². The number of hydrogen-bond donors (Lipinski definition) is 2. The van der Waals surface area contributed by atoms with Crippen molar-refractivity contribution in [1.29, 1.82) is 0 Å². The Kier molecular flexibility index (Phi) is 4.68. The smallest absolute Gasteiger partial charge is 0.322 e. The first-order valence-electron chi connectivity index (χ1n) is 6.54. The van der Waals surface area contributed by atoms with E-state index < -0.39 is 5.97 Å². The average molecular weight is 280 g/mol. The van der Waals surface area contributed by atoms with Crippen LogP contribution in [-0.2, 0) is 9.59 Å². The molecule has 20 heavy (non-hydrogen) atoms. The quantitative estimate of drug-likeness (QED) is 0.849. The van der Waals surface area contributed by atoms with Crippen LogP contribution in [0.3, 0.4) is 0 Å². The van der Waals surface area contributed by atoms with Gasteiger partial charge in [0.2, 0.25) is 5.91 Å². The molecule has 0 aliphatic carbocycles. The molecule has 1 atom stereocenters. The minimum absolute atomic E-state index is 0.0891. The van der Waals surface area contributed by atoms with Crippen molar-refractivity contribution in [3.05, 3.63) is 35.6 Å². The van der Waals surface area contributed by atoms with Gasteiger partial charge in [-0.05, 0) is 37.1 Å². The molecule has 1 aliphatic rings. The minimum Gasteiger partial charge on any atom is -0.480 e. The van der Waals surface area contributed by atoms with Crippen molar-refractivity contribution in [2.45, 2.75) is 18.9 Å². The van der Waals surface area contributed by atoms with Gasteiger partial charge in [-0.3, -0.25) is 14.5 Å². The number of carbonyl (C=O) groups excluding carboxylic acids is 1. The number of halogens is 1. The van der Waals surface area contributed by atoms with Crippen LogP contribution in [0.4, 0.5) is 4.39 Å². The van der Waals surface area contributed by atoms with Crippen molar-refractivity contribution in [2.75, 3.05) is 19.6 Å². The Hall–Kier alpha value is -1.95. The second-order valence-corrected chi connectivity index (χ2v) is 4.85. The number of rotatable bonds is 5. The Bertz CT molecular complexity index is 490. The standard InChI is InChI=1S/C14H17FN2O3/c15-11-5-3-10(4-6-11)12-2-1-7-17(12)9-13(18)16-8-14(19)20/h3-6,12H,1-2,7-9H2,(H,16,18)(H,19,20). The first kappa shape index (κ1) is 14.5. The van der Waals surface area contributed by atoms with Crippen LogP contribution < -0.4 is 5.32 Å². The monoisotopic (exact) mass is 280 g/mol. The Balaban J connectivity index is 1.95. The first-order chi connectivity index (χ1) is 9.56. The molecule has 2 N–H and O–H groups in total. The molecule has 1 aromatic carbocycles. The highest BCUT2D eigenvalue weighted by Crippen LogP contribution is 2.31. The number of nitrogens with one attached hydrogen (secondary N) is 1. The average Bonchev–Trinajstić information content (AvgIpc) is 2.85. The lowest BCUT2D eigenvalue weighted by molar-refractivity contribution is -0.138. The number of benzene rings is 1. The number of hydrogen-bond acceptors (Lipinski definition) is 3. The molecule has 2 rings (SSSR count). The van der Waals surface area contributed by atoms with Gasteiger partial charge in [0.25, 0.3) is 0 Å². The van der Waals surface area contributed by atoms with E-state index >= 15 is 0 Å². The molecule has 0 saturated carbocycles. The topological polar surface area (TPSA) is 69.6 Å². The third kappa shape index (κ3) is 3.77. The number of likely N-dealkylation sites (tertiary alicyclic amines) is 1. The fraction of sp³-hybridized carbons (Fsp3) is 0.429. The van der Waals surface area contributed by atoms with Gasteiger partial charge in [-0.2, -0.15) is 0 Å².